The average Bonchev–Trinajstić information content (AvgIpc) is 2.65. The van der Waals surface area contributed by atoms with Gasteiger partial charge in [-0.2, -0.15) is 0 Å². The van der Waals surface area contributed by atoms with E-state index in [9.17, 15) is 4.57 Å². The fraction of sp³-hybridized carbons (Fsp3) is 0.613. The Morgan fingerprint density at radius 2 is 0.972 bits per heavy atom. The molecule has 0 N–H and O–H groups in total. The van der Waals surface area contributed by atoms with E-state index in [1.807, 2.05) is 0 Å². The second kappa shape index (κ2) is 9.52. The van der Waals surface area contributed by atoms with Gasteiger partial charge in [0, 0.05) is 24.7 Å². The summed E-state index contributed by atoms with van der Waals surface area (Å²) in [5, 5.41) is 0. The van der Waals surface area contributed by atoms with E-state index in [1.165, 1.54) is 18.2 Å². The average molecular weight is 517 g/mol. The Labute approximate surface area is 220 Å². The number of fused-ring (bicyclic) bond motifs is 2. The Bertz CT molecular complexity index is 1080. The van der Waals surface area contributed by atoms with Crippen molar-refractivity contribution in [3.05, 3.63) is 57.6 Å². The van der Waals surface area contributed by atoms with Crippen molar-refractivity contribution in [3.63, 3.8) is 0 Å². The van der Waals surface area contributed by atoms with Crippen LogP contribution in [0.25, 0.3) is 0 Å². The van der Waals surface area contributed by atoms with Crippen LogP contribution < -0.4 is 9.05 Å². The van der Waals surface area contributed by atoms with Gasteiger partial charge in [0.2, 0.25) is 0 Å². The zero-order valence-electron chi connectivity index (χ0n) is 24.1. The second-order valence-corrected chi connectivity index (χ2v) is 15.6. The SMILES string of the molecule is C.COP1(=O)Oc2c(cc(C(C)(C)C)cc2C(C)(C)C)Cc2cc(C(C)(C)C)cc(C(C)(C)C)c2O1. The smallest absolute Gasteiger partial charge is 0.394 e. The normalized spacial score (nSPS) is 15.9. The highest BCUT2D eigenvalue weighted by Crippen LogP contribution is 2.56. The Morgan fingerprint density at radius 1 is 0.639 bits per heavy atom. The lowest BCUT2D eigenvalue weighted by Crippen LogP contribution is -2.23. The van der Waals surface area contributed by atoms with Crippen molar-refractivity contribution in [1.82, 2.24) is 0 Å². The third-order valence-corrected chi connectivity index (χ3v) is 7.95. The number of hydrogen-bond donors (Lipinski definition) is 0. The lowest BCUT2D eigenvalue weighted by atomic mass is 9.76. The minimum Gasteiger partial charge on any atom is -0.394 e. The summed E-state index contributed by atoms with van der Waals surface area (Å²) in [6.45, 7) is 26.2. The van der Waals surface area contributed by atoms with E-state index < -0.39 is 7.82 Å². The zero-order valence-corrected chi connectivity index (χ0v) is 25.0. The maximum Gasteiger partial charge on any atom is 0.587 e. The predicted molar refractivity (Wildman–Crippen MR) is 153 cm³/mol. The number of hydrogen-bond acceptors (Lipinski definition) is 4. The van der Waals surface area contributed by atoms with Gasteiger partial charge in [0.25, 0.3) is 0 Å². The van der Waals surface area contributed by atoms with Crippen LogP contribution in [0.4, 0.5) is 0 Å². The maximum absolute atomic E-state index is 14.0. The van der Waals surface area contributed by atoms with E-state index in [4.69, 9.17) is 13.6 Å². The number of phosphoric ester groups is 1. The monoisotopic (exact) mass is 516 g/mol. The summed E-state index contributed by atoms with van der Waals surface area (Å²) in [7, 11) is -2.54. The first kappa shape index (κ1) is 30.5. The Hall–Kier alpha value is -1.77. The van der Waals surface area contributed by atoms with Gasteiger partial charge in [-0.3, -0.25) is 4.52 Å². The van der Waals surface area contributed by atoms with Crippen molar-refractivity contribution in [3.8, 4) is 11.5 Å². The number of rotatable bonds is 1. The Morgan fingerprint density at radius 3 is 1.22 bits per heavy atom. The van der Waals surface area contributed by atoms with Crippen LogP contribution in [0, 0.1) is 0 Å². The van der Waals surface area contributed by atoms with Gasteiger partial charge in [-0.25, -0.2) is 4.57 Å². The quantitative estimate of drug-likeness (QED) is 0.354. The van der Waals surface area contributed by atoms with Crippen molar-refractivity contribution in [2.75, 3.05) is 7.11 Å². The van der Waals surface area contributed by atoms with Crippen LogP contribution in [-0.2, 0) is 37.2 Å². The number of benzene rings is 2. The van der Waals surface area contributed by atoms with Crippen LogP contribution in [0.2, 0.25) is 0 Å². The molecule has 4 nitrogen and oxygen atoms in total. The van der Waals surface area contributed by atoms with Gasteiger partial charge in [0.05, 0.1) is 0 Å². The summed E-state index contributed by atoms with van der Waals surface area (Å²) < 4.78 is 31.9. The fourth-order valence-electron chi connectivity index (χ4n) is 4.36. The summed E-state index contributed by atoms with van der Waals surface area (Å²) in [5.41, 5.74) is 5.93. The van der Waals surface area contributed by atoms with Gasteiger partial charge in [-0.15, -0.1) is 0 Å². The highest BCUT2D eigenvalue weighted by Gasteiger charge is 2.39. The fourth-order valence-corrected chi connectivity index (χ4v) is 5.42. The third-order valence-electron chi connectivity index (χ3n) is 6.69. The lowest BCUT2D eigenvalue weighted by Gasteiger charge is -2.34. The van der Waals surface area contributed by atoms with E-state index in [1.54, 1.807) is 0 Å². The molecule has 0 fully saturated rings. The molecule has 1 aliphatic rings. The van der Waals surface area contributed by atoms with Gasteiger partial charge in [-0.1, -0.05) is 115 Å². The van der Waals surface area contributed by atoms with E-state index >= 15 is 0 Å². The molecule has 3 rings (SSSR count). The molecule has 0 spiro atoms. The summed E-state index contributed by atoms with van der Waals surface area (Å²) in [6, 6.07) is 8.79. The first-order valence-corrected chi connectivity index (χ1v) is 14.0. The molecule has 1 aliphatic heterocycles. The number of phosphoric acid groups is 1. The van der Waals surface area contributed by atoms with Crippen LogP contribution in [-0.4, -0.2) is 7.11 Å². The highest BCUT2D eigenvalue weighted by molar-refractivity contribution is 7.49. The molecule has 0 radical (unpaired) electrons. The minimum atomic E-state index is -3.93. The van der Waals surface area contributed by atoms with Crippen LogP contribution in [0.15, 0.2) is 24.3 Å². The van der Waals surface area contributed by atoms with Gasteiger partial charge >= 0.3 is 7.82 Å². The van der Waals surface area contributed by atoms with E-state index in [2.05, 4.69) is 107 Å². The third kappa shape index (κ3) is 6.20. The van der Waals surface area contributed by atoms with Crippen molar-refractivity contribution >= 4 is 7.82 Å². The van der Waals surface area contributed by atoms with E-state index in [0.717, 1.165) is 22.3 Å². The van der Waals surface area contributed by atoms with Crippen LogP contribution in [0.3, 0.4) is 0 Å². The van der Waals surface area contributed by atoms with Crippen molar-refractivity contribution in [2.24, 2.45) is 0 Å². The first-order chi connectivity index (χ1) is 15.7. The van der Waals surface area contributed by atoms with Gasteiger partial charge in [0.15, 0.2) is 0 Å². The van der Waals surface area contributed by atoms with Gasteiger partial charge < -0.3 is 9.05 Å². The molecule has 0 unspecified atom stereocenters. The standard InChI is InChI=1S/C30H45O4P.CH4/c1-27(2,3)21-15-19-14-20-16-22(28(4,5)6)18-24(30(10,11)12)26(20)34-35(31,32-13)33-25(19)23(17-21)29(7,8)9;/h15-18H,14H2,1-13H3;1H4. The molecule has 1 heterocycles. The predicted octanol–water partition coefficient (Wildman–Crippen LogP) is 9.63. The van der Waals surface area contributed by atoms with Crippen molar-refractivity contribution in [1.29, 1.82) is 0 Å². The molecular formula is C31H49O4P. The molecule has 2 aromatic rings. The summed E-state index contributed by atoms with van der Waals surface area (Å²) >= 11 is 0. The van der Waals surface area contributed by atoms with Crippen molar-refractivity contribution < 1.29 is 18.1 Å². The highest BCUT2D eigenvalue weighted by atomic mass is 31.2. The van der Waals surface area contributed by atoms with Crippen molar-refractivity contribution in [2.45, 2.75) is 119 Å². The molecule has 5 heteroatoms. The molecular weight excluding hydrogens is 467 g/mol. The summed E-state index contributed by atoms with van der Waals surface area (Å²) in [5.74, 6) is 1.22. The minimum absolute atomic E-state index is 0. The summed E-state index contributed by atoms with van der Waals surface area (Å²) in [4.78, 5) is 0. The van der Waals surface area contributed by atoms with Crippen LogP contribution >= 0.6 is 7.82 Å². The lowest BCUT2D eigenvalue weighted by molar-refractivity contribution is 0.243. The van der Waals surface area contributed by atoms with Gasteiger partial charge in [0.1, 0.15) is 11.5 Å². The molecule has 0 bridgehead atoms. The molecule has 0 atom stereocenters. The first-order valence-electron chi connectivity index (χ1n) is 12.6. The Balaban J connectivity index is 0.00000456. The zero-order chi connectivity index (χ0) is 26.8. The van der Waals surface area contributed by atoms with E-state index in [-0.39, 0.29) is 29.1 Å². The van der Waals surface area contributed by atoms with Crippen LogP contribution in [0.1, 0.15) is 124 Å². The van der Waals surface area contributed by atoms with E-state index in [0.29, 0.717) is 17.9 Å². The molecule has 36 heavy (non-hydrogen) atoms. The molecule has 0 amide bonds. The molecule has 0 aromatic heterocycles. The second-order valence-electron chi connectivity index (χ2n) is 14.0. The molecule has 2 aromatic carbocycles. The topological polar surface area (TPSA) is 44.8 Å². The molecule has 202 valence electrons. The molecule has 0 aliphatic carbocycles. The molecule has 0 saturated carbocycles. The largest absolute Gasteiger partial charge is 0.587 e. The molecule has 0 saturated heterocycles. The van der Waals surface area contributed by atoms with Gasteiger partial charge in [-0.05, 0) is 43.9 Å². The van der Waals surface area contributed by atoms with Crippen LogP contribution in [0.5, 0.6) is 11.5 Å². The maximum atomic E-state index is 14.0. The Kier molecular flexibility index (Phi) is 8.05. The summed E-state index contributed by atoms with van der Waals surface area (Å²) in [6.07, 6.45) is 0.619.